The van der Waals surface area contributed by atoms with E-state index in [1.165, 1.54) is 0 Å². The van der Waals surface area contributed by atoms with Crippen molar-refractivity contribution in [3.8, 4) is 11.5 Å². The van der Waals surface area contributed by atoms with Gasteiger partial charge < -0.3 is 14.9 Å². The average molecular weight is 332 g/mol. The highest BCUT2D eigenvalue weighted by Gasteiger charge is 2.18. The summed E-state index contributed by atoms with van der Waals surface area (Å²) in [7, 11) is 2.13. The highest BCUT2D eigenvalue weighted by Crippen LogP contribution is 2.43. The first kappa shape index (κ1) is 17.8. The monoisotopic (exact) mass is 332 g/mol. The lowest BCUT2D eigenvalue weighted by molar-refractivity contribution is 0.200. The standard InChI is InChI=1S/C19H25O3P/c1-4-7-18(16-12-14(22-3)10-11-17(16)21)23-19-9-6-5-8-15(19)13(2)20/h5-6,8-13,18,20-21,23H,4,7H2,1-3H3. The minimum atomic E-state index is -0.486. The van der Waals surface area contributed by atoms with Crippen LogP contribution in [0.15, 0.2) is 42.5 Å². The van der Waals surface area contributed by atoms with Gasteiger partial charge in [-0.3, -0.25) is 0 Å². The Hall–Kier alpha value is -1.57. The number of ether oxygens (including phenoxy) is 1. The van der Waals surface area contributed by atoms with E-state index >= 15 is 0 Å². The number of phenols is 1. The molecule has 0 aliphatic heterocycles. The third kappa shape index (κ3) is 4.46. The van der Waals surface area contributed by atoms with Crippen LogP contribution in [0.4, 0.5) is 0 Å². The van der Waals surface area contributed by atoms with Crippen LogP contribution in [-0.2, 0) is 0 Å². The number of hydrogen-bond acceptors (Lipinski definition) is 3. The van der Waals surface area contributed by atoms with Crippen LogP contribution >= 0.6 is 8.58 Å². The van der Waals surface area contributed by atoms with Gasteiger partial charge >= 0.3 is 0 Å². The molecular weight excluding hydrogens is 307 g/mol. The molecule has 3 unspecified atom stereocenters. The third-order valence-electron chi connectivity index (χ3n) is 3.93. The lowest BCUT2D eigenvalue weighted by atomic mass is 10.1. The maximum Gasteiger partial charge on any atom is 0.119 e. The molecule has 0 radical (unpaired) electrons. The van der Waals surface area contributed by atoms with E-state index in [4.69, 9.17) is 4.74 Å². The second-order valence-electron chi connectivity index (χ2n) is 5.67. The first-order chi connectivity index (χ1) is 11.1. The van der Waals surface area contributed by atoms with E-state index in [0.29, 0.717) is 14.3 Å². The van der Waals surface area contributed by atoms with Gasteiger partial charge in [-0.25, -0.2) is 0 Å². The maximum absolute atomic E-state index is 10.3. The van der Waals surface area contributed by atoms with Crippen LogP contribution in [0.3, 0.4) is 0 Å². The number of phenolic OH excluding ortho intramolecular Hbond substituents is 1. The quantitative estimate of drug-likeness (QED) is 0.743. The molecule has 2 rings (SSSR count). The first-order valence-corrected chi connectivity index (χ1v) is 9.05. The summed E-state index contributed by atoms with van der Waals surface area (Å²) in [5, 5.41) is 21.4. The fourth-order valence-corrected chi connectivity index (χ4v) is 4.56. The molecule has 0 bridgehead atoms. The van der Waals surface area contributed by atoms with E-state index in [0.717, 1.165) is 35.0 Å². The molecule has 0 saturated heterocycles. The number of rotatable bonds is 7. The van der Waals surface area contributed by atoms with Gasteiger partial charge in [0.15, 0.2) is 0 Å². The van der Waals surface area contributed by atoms with Crippen molar-refractivity contribution < 1.29 is 14.9 Å². The van der Waals surface area contributed by atoms with E-state index in [1.807, 2.05) is 24.3 Å². The Labute approximate surface area is 140 Å². The Morgan fingerprint density at radius 2 is 1.87 bits per heavy atom. The molecule has 0 spiro atoms. The lowest BCUT2D eigenvalue weighted by Crippen LogP contribution is -2.09. The van der Waals surface area contributed by atoms with Crippen molar-refractivity contribution in [2.45, 2.75) is 38.5 Å². The molecule has 0 heterocycles. The summed E-state index contributed by atoms with van der Waals surface area (Å²) in [4.78, 5) is 0. The SMILES string of the molecule is CCCC(Pc1ccccc1C(C)O)c1cc(OC)ccc1O. The molecule has 2 aromatic carbocycles. The molecule has 0 amide bonds. The van der Waals surface area contributed by atoms with Crippen LogP contribution in [0, 0.1) is 0 Å². The van der Waals surface area contributed by atoms with Crippen molar-refractivity contribution in [2.75, 3.05) is 7.11 Å². The van der Waals surface area contributed by atoms with E-state index in [-0.39, 0.29) is 5.66 Å². The largest absolute Gasteiger partial charge is 0.508 e. The van der Waals surface area contributed by atoms with Crippen molar-refractivity contribution in [1.29, 1.82) is 0 Å². The first-order valence-electron chi connectivity index (χ1n) is 7.97. The zero-order chi connectivity index (χ0) is 16.8. The summed E-state index contributed by atoms with van der Waals surface area (Å²) in [6.45, 7) is 3.94. The third-order valence-corrected chi connectivity index (χ3v) is 5.64. The van der Waals surface area contributed by atoms with Crippen LogP contribution in [-0.4, -0.2) is 17.3 Å². The van der Waals surface area contributed by atoms with Crippen molar-refractivity contribution in [3.05, 3.63) is 53.6 Å². The zero-order valence-corrected chi connectivity index (χ0v) is 14.9. The fourth-order valence-electron chi connectivity index (χ4n) is 2.71. The number of benzene rings is 2. The summed E-state index contributed by atoms with van der Waals surface area (Å²) in [6, 6.07) is 13.4. The Morgan fingerprint density at radius 3 is 2.52 bits per heavy atom. The van der Waals surface area contributed by atoms with E-state index in [2.05, 4.69) is 13.0 Å². The summed E-state index contributed by atoms with van der Waals surface area (Å²) in [5.41, 5.74) is 2.11. The summed E-state index contributed by atoms with van der Waals surface area (Å²) in [5.74, 6) is 1.07. The van der Waals surface area contributed by atoms with Gasteiger partial charge in [0.2, 0.25) is 0 Å². The van der Waals surface area contributed by atoms with Crippen LogP contribution in [0.25, 0.3) is 0 Å². The minimum Gasteiger partial charge on any atom is -0.508 e. The van der Waals surface area contributed by atoms with Crippen molar-refractivity contribution in [2.24, 2.45) is 0 Å². The number of aromatic hydroxyl groups is 1. The molecule has 23 heavy (non-hydrogen) atoms. The van der Waals surface area contributed by atoms with Gasteiger partial charge in [0.1, 0.15) is 11.5 Å². The van der Waals surface area contributed by atoms with Crippen molar-refractivity contribution >= 4 is 13.9 Å². The Morgan fingerprint density at radius 1 is 1.13 bits per heavy atom. The molecule has 3 nitrogen and oxygen atoms in total. The lowest BCUT2D eigenvalue weighted by Gasteiger charge is -2.21. The predicted molar refractivity (Wildman–Crippen MR) is 97.3 cm³/mol. The molecule has 2 N–H and O–H groups in total. The Bertz CT molecular complexity index is 640. The van der Waals surface area contributed by atoms with Crippen LogP contribution < -0.4 is 10.0 Å². The van der Waals surface area contributed by atoms with Crippen LogP contribution in [0.1, 0.15) is 49.6 Å². The van der Waals surface area contributed by atoms with Gasteiger partial charge in [-0.1, -0.05) is 46.2 Å². The Balaban J connectivity index is 2.37. The Kier molecular flexibility index (Phi) is 6.44. The summed E-state index contributed by atoms with van der Waals surface area (Å²) < 4.78 is 5.30. The minimum absolute atomic E-state index is 0.218. The molecule has 3 atom stereocenters. The maximum atomic E-state index is 10.3. The van der Waals surface area contributed by atoms with Gasteiger partial charge in [-0.05, 0) is 42.4 Å². The van der Waals surface area contributed by atoms with Gasteiger partial charge in [0, 0.05) is 11.2 Å². The molecule has 0 aliphatic carbocycles. The average Bonchev–Trinajstić information content (AvgIpc) is 2.55. The van der Waals surface area contributed by atoms with Crippen LogP contribution in [0.2, 0.25) is 0 Å². The topological polar surface area (TPSA) is 49.7 Å². The molecule has 0 saturated carbocycles. The van der Waals surface area contributed by atoms with Gasteiger partial charge in [-0.2, -0.15) is 0 Å². The summed E-state index contributed by atoms with van der Waals surface area (Å²) in [6.07, 6.45) is 1.53. The zero-order valence-electron chi connectivity index (χ0n) is 13.9. The fraction of sp³-hybridized carbons (Fsp3) is 0.368. The molecular formula is C19H25O3P. The number of hydrogen-bond donors (Lipinski definition) is 2. The van der Waals surface area contributed by atoms with Crippen molar-refractivity contribution in [1.82, 2.24) is 0 Å². The second-order valence-corrected chi connectivity index (χ2v) is 7.20. The highest BCUT2D eigenvalue weighted by molar-refractivity contribution is 7.47. The number of aliphatic hydroxyl groups excluding tert-OH is 1. The molecule has 0 aliphatic rings. The van der Waals surface area contributed by atoms with E-state index in [1.54, 1.807) is 26.2 Å². The normalized spacial score (nSPS) is 14.1. The number of methoxy groups -OCH3 is 1. The smallest absolute Gasteiger partial charge is 0.119 e. The van der Waals surface area contributed by atoms with E-state index in [9.17, 15) is 10.2 Å². The van der Waals surface area contributed by atoms with Gasteiger partial charge in [-0.15, -0.1) is 0 Å². The summed E-state index contributed by atoms with van der Waals surface area (Å²) >= 11 is 0. The van der Waals surface area contributed by atoms with Gasteiger partial charge in [0.05, 0.1) is 13.2 Å². The van der Waals surface area contributed by atoms with Crippen LogP contribution in [0.5, 0.6) is 11.5 Å². The molecule has 2 aromatic rings. The van der Waals surface area contributed by atoms with E-state index < -0.39 is 6.10 Å². The second kappa shape index (κ2) is 8.33. The number of aliphatic hydroxyl groups is 1. The highest BCUT2D eigenvalue weighted by atomic mass is 31.1. The molecule has 0 fully saturated rings. The molecule has 0 aromatic heterocycles. The van der Waals surface area contributed by atoms with Crippen molar-refractivity contribution in [3.63, 3.8) is 0 Å². The molecule has 4 heteroatoms. The predicted octanol–water partition coefficient (Wildman–Crippen LogP) is 4.30. The molecule has 124 valence electrons. The van der Waals surface area contributed by atoms with Gasteiger partial charge in [0.25, 0.3) is 0 Å².